The lowest BCUT2D eigenvalue weighted by Crippen LogP contribution is -2.29. The highest BCUT2D eigenvalue weighted by Crippen LogP contribution is 2.23. The van der Waals surface area contributed by atoms with Crippen LogP contribution >= 0.6 is 0 Å². The number of carbonyl (C=O) groups excluding carboxylic acids is 1. The lowest BCUT2D eigenvalue weighted by molar-refractivity contribution is 0.0796. The van der Waals surface area contributed by atoms with E-state index in [9.17, 15) is 4.79 Å². The molecule has 1 N–H and O–H groups in total. The first kappa shape index (κ1) is 13.6. The monoisotopic (exact) mass is 281 g/mol. The SMILES string of the molecule is CN(CCc1ccccn1)C(=O)c1ccc2c(c1)NCC2. The van der Waals surface area contributed by atoms with Gasteiger partial charge in [-0.25, -0.2) is 0 Å². The van der Waals surface area contributed by atoms with E-state index < -0.39 is 0 Å². The van der Waals surface area contributed by atoms with Gasteiger partial charge >= 0.3 is 0 Å². The number of rotatable bonds is 4. The van der Waals surface area contributed by atoms with Gasteiger partial charge in [-0.3, -0.25) is 9.78 Å². The molecule has 2 aromatic rings. The number of hydrogen-bond acceptors (Lipinski definition) is 3. The summed E-state index contributed by atoms with van der Waals surface area (Å²) in [6.45, 7) is 1.63. The molecule has 3 rings (SSSR count). The van der Waals surface area contributed by atoms with E-state index in [0.29, 0.717) is 6.54 Å². The summed E-state index contributed by atoms with van der Waals surface area (Å²) in [7, 11) is 1.84. The Morgan fingerprint density at radius 1 is 1.33 bits per heavy atom. The molecule has 108 valence electrons. The van der Waals surface area contributed by atoms with Crippen molar-refractivity contribution < 1.29 is 4.79 Å². The average Bonchev–Trinajstić information content (AvgIpc) is 3.00. The standard InChI is InChI=1S/C17H19N3O/c1-20(11-8-15-4-2-3-9-18-15)17(21)14-6-5-13-7-10-19-16(13)12-14/h2-6,9,12,19H,7-8,10-11H2,1H3. The highest BCUT2D eigenvalue weighted by atomic mass is 16.2. The van der Waals surface area contributed by atoms with Gasteiger partial charge in [0, 0.05) is 49.7 Å². The zero-order valence-electron chi connectivity index (χ0n) is 12.2. The van der Waals surface area contributed by atoms with Crippen molar-refractivity contribution in [2.75, 3.05) is 25.5 Å². The summed E-state index contributed by atoms with van der Waals surface area (Å²) >= 11 is 0. The molecule has 1 aliphatic heterocycles. The number of carbonyl (C=O) groups is 1. The fraction of sp³-hybridized carbons (Fsp3) is 0.294. The first-order valence-electron chi connectivity index (χ1n) is 7.26. The number of nitrogens with zero attached hydrogens (tertiary/aromatic N) is 2. The van der Waals surface area contributed by atoms with Crippen molar-refractivity contribution in [3.05, 3.63) is 59.4 Å². The van der Waals surface area contributed by atoms with Crippen molar-refractivity contribution in [3.63, 3.8) is 0 Å². The van der Waals surface area contributed by atoms with E-state index in [2.05, 4.69) is 16.4 Å². The van der Waals surface area contributed by atoms with Crippen LogP contribution in [0.2, 0.25) is 0 Å². The lowest BCUT2D eigenvalue weighted by Gasteiger charge is -2.17. The number of pyridine rings is 1. The van der Waals surface area contributed by atoms with Crippen molar-refractivity contribution in [1.29, 1.82) is 0 Å². The third-order valence-electron chi connectivity index (χ3n) is 3.84. The van der Waals surface area contributed by atoms with Gasteiger partial charge in [-0.15, -0.1) is 0 Å². The fourth-order valence-corrected chi connectivity index (χ4v) is 2.57. The number of aromatic nitrogens is 1. The average molecular weight is 281 g/mol. The summed E-state index contributed by atoms with van der Waals surface area (Å²) in [5.74, 6) is 0.0578. The van der Waals surface area contributed by atoms with E-state index in [1.54, 1.807) is 11.1 Å². The molecule has 0 bridgehead atoms. The van der Waals surface area contributed by atoms with E-state index in [-0.39, 0.29) is 5.91 Å². The summed E-state index contributed by atoms with van der Waals surface area (Å²) < 4.78 is 0. The van der Waals surface area contributed by atoms with E-state index >= 15 is 0 Å². The summed E-state index contributed by atoms with van der Waals surface area (Å²) in [5.41, 5.74) is 4.14. The fourth-order valence-electron chi connectivity index (χ4n) is 2.57. The predicted molar refractivity (Wildman–Crippen MR) is 83.5 cm³/mol. The molecule has 0 spiro atoms. The maximum Gasteiger partial charge on any atom is 0.253 e. The number of amides is 1. The van der Waals surface area contributed by atoms with Crippen LogP contribution in [0.15, 0.2) is 42.6 Å². The Balaban J connectivity index is 1.64. The molecule has 0 fully saturated rings. The van der Waals surface area contributed by atoms with Gasteiger partial charge in [0.15, 0.2) is 0 Å². The molecule has 1 aromatic carbocycles. The molecule has 0 radical (unpaired) electrons. The van der Waals surface area contributed by atoms with Crippen molar-refractivity contribution in [2.24, 2.45) is 0 Å². The van der Waals surface area contributed by atoms with Crippen LogP contribution in [0.4, 0.5) is 5.69 Å². The molecule has 0 saturated carbocycles. The van der Waals surface area contributed by atoms with Crippen molar-refractivity contribution in [2.45, 2.75) is 12.8 Å². The second kappa shape index (κ2) is 5.95. The molecule has 1 aromatic heterocycles. The Bertz CT molecular complexity index is 640. The van der Waals surface area contributed by atoms with Crippen LogP contribution < -0.4 is 5.32 Å². The van der Waals surface area contributed by atoms with Gasteiger partial charge in [0.05, 0.1) is 0 Å². The minimum absolute atomic E-state index is 0.0578. The minimum Gasteiger partial charge on any atom is -0.384 e. The predicted octanol–water partition coefficient (Wildman–Crippen LogP) is 2.36. The topological polar surface area (TPSA) is 45.2 Å². The van der Waals surface area contributed by atoms with Crippen LogP contribution in [0.1, 0.15) is 21.6 Å². The third-order valence-corrected chi connectivity index (χ3v) is 3.84. The zero-order valence-corrected chi connectivity index (χ0v) is 12.2. The summed E-state index contributed by atoms with van der Waals surface area (Å²) in [5, 5.41) is 3.31. The Kier molecular flexibility index (Phi) is 3.86. The van der Waals surface area contributed by atoms with Crippen LogP contribution in [0, 0.1) is 0 Å². The van der Waals surface area contributed by atoms with Crippen LogP contribution in [0.3, 0.4) is 0 Å². The molecule has 2 heterocycles. The third kappa shape index (κ3) is 3.05. The summed E-state index contributed by atoms with van der Waals surface area (Å²) in [6, 6.07) is 11.8. The Hall–Kier alpha value is -2.36. The highest BCUT2D eigenvalue weighted by molar-refractivity contribution is 5.95. The molecule has 21 heavy (non-hydrogen) atoms. The number of benzene rings is 1. The van der Waals surface area contributed by atoms with Gasteiger partial charge in [0.2, 0.25) is 0 Å². The van der Waals surface area contributed by atoms with E-state index in [4.69, 9.17) is 0 Å². The zero-order chi connectivity index (χ0) is 14.7. The minimum atomic E-state index is 0.0578. The smallest absolute Gasteiger partial charge is 0.253 e. The second-order valence-corrected chi connectivity index (χ2v) is 5.35. The van der Waals surface area contributed by atoms with Gasteiger partial charge in [-0.2, -0.15) is 0 Å². The maximum absolute atomic E-state index is 12.4. The number of anilines is 1. The highest BCUT2D eigenvalue weighted by Gasteiger charge is 2.16. The van der Waals surface area contributed by atoms with Crippen molar-refractivity contribution in [1.82, 2.24) is 9.88 Å². The van der Waals surface area contributed by atoms with Gasteiger partial charge in [-0.05, 0) is 36.2 Å². The van der Waals surface area contributed by atoms with Gasteiger partial charge in [0.25, 0.3) is 5.91 Å². The number of hydrogen-bond donors (Lipinski definition) is 1. The Morgan fingerprint density at radius 2 is 2.24 bits per heavy atom. The van der Waals surface area contributed by atoms with Crippen LogP contribution in [-0.4, -0.2) is 35.9 Å². The Labute approximate surface area is 124 Å². The molecule has 1 amide bonds. The largest absolute Gasteiger partial charge is 0.384 e. The van der Waals surface area contributed by atoms with E-state index in [1.807, 2.05) is 37.4 Å². The molecule has 0 saturated heterocycles. The summed E-state index contributed by atoms with van der Waals surface area (Å²) in [4.78, 5) is 18.5. The van der Waals surface area contributed by atoms with Gasteiger partial charge < -0.3 is 10.2 Å². The molecule has 4 heteroatoms. The van der Waals surface area contributed by atoms with E-state index in [0.717, 1.165) is 36.3 Å². The first-order valence-corrected chi connectivity index (χ1v) is 7.26. The van der Waals surface area contributed by atoms with Gasteiger partial charge in [-0.1, -0.05) is 12.1 Å². The van der Waals surface area contributed by atoms with Crippen molar-refractivity contribution >= 4 is 11.6 Å². The maximum atomic E-state index is 12.4. The normalized spacial score (nSPS) is 12.6. The summed E-state index contributed by atoms with van der Waals surface area (Å²) in [6.07, 6.45) is 3.59. The molecule has 4 nitrogen and oxygen atoms in total. The van der Waals surface area contributed by atoms with Gasteiger partial charge in [0.1, 0.15) is 0 Å². The molecule has 0 unspecified atom stereocenters. The number of nitrogens with one attached hydrogen (secondary N) is 1. The van der Waals surface area contributed by atoms with Crippen molar-refractivity contribution in [3.8, 4) is 0 Å². The number of likely N-dealkylation sites (N-methyl/N-ethyl adjacent to an activating group) is 1. The van der Waals surface area contributed by atoms with Crippen LogP contribution in [-0.2, 0) is 12.8 Å². The second-order valence-electron chi connectivity index (χ2n) is 5.35. The van der Waals surface area contributed by atoms with Crippen LogP contribution in [0.25, 0.3) is 0 Å². The first-order chi connectivity index (χ1) is 10.2. The molecular formula is C17H19N3O. The molecule has 0 atom stereocenters. The van der Waals surface area contributed by atoms with E-state index in [1.165, 1.54) is 5.56 Å². The van der Waals surface area contributed by atoms with Crippen LogP contribution in [0.5, 0.6) is 0 Å². The Morgan fingerprint density at radius 3 is 3.05 bits per heavy atom. The number of fused-ring (bicyclic) bond motifs is 1. The lowest BCUT2D eigenvalue weighted by atomic mass is 10.1. The quantitative estimate of drug-likeness (QED) is 0.935. The molecular weight excluding hydrogens is 262 g/mol. The molecule has 0 aliphatic carbocycles. The molecule has 1 aliphatic rings.